The highest BCUT2D eigenvalue weighted by Crippen LogP contribution is 2.30. The fourth-order valence-corrected chi connectivity index (χ4v) is 3.88. The molecular formula is C16H26N2S. The molecule has 1 fully saturated rings. The smallest absolute Gasteiger partial charge is 0.0237 e. The van der Waals surface area contributed by atoms with E-state index in [1.807, 2.05) is 7.05 Å². The molecule has 2 nitrogen and oxygen atoms in total. The topological polar surface area (TPSA) is 15.3 Å². The number of benzene rings is 1. The van der Waals surface area contributed by atoms with Gasteiger partial charge in [-0.1, -0.05) is 24.3 Å². The van der Waals surface area contributed by atoms with Crippen molar-refractivity contribution in [3.63, 3.8) is 0 Å². The number of hydrogen-bond donors (Lipinski definition) is 1. The molecule has 2 rings (SSSR count). The molecule has 0 radical (unpaired) electrons. The molecule has 106 valence electrons. The average Bonchev–Trinajstić information content (AvgIpc) is 2.36. The van der Waals surface area contributed by atoms with Crippen molar-refractivity contribution >= 4 is 11.8 Å². The first-order chi connectivity index (χ1) is 9.11. The second-order valence-corrected chi connectivity index (χ2v) is 7.74. The third-order valence-electron chi connectivity index (χ3n) is 3.66. The van der Waals surface area contributed by atoms with Gasteiger partial charge in [0.15, 0.2) is 0 Å². The van der Waals surface area contributed by atoms with Gasteiger partial charge in [-0.25, -0.2) is 0 Å². The molecule has 0 spiro atoms. The van der Waals surface area contributed by atoms with Gasteiger partial charge in [-0.15, -0.1) is 0 Å². The molecule has 0 bridgehead atoms. The molecule has 1 N–H and O–H groups in total. The van der Waals surface area contributed by atoms with Crippen LogP contribution in [0.4, 0.5) is 0 Å². The molecule has 0 aliphatic carbocycles. The Hall–Kier alpha value is -0.510. The molecule has 0 atom stereocenters. The van der Waals surface area contributed by atoms with Crippen LogP contribution in [-0.2, 0) is 13.0 Å². The van der Waals surface area contributed by atoms with Crippen molar-refractivity contribution in [2.24, 2.45) is 0 Å². The summed E-state index contributed by atoms with van der Waals surface area (Å²) in [6.07, 6.45) is 1.12. The minimum absolute atomic E-state index is 0.401. The van der Waals surface area contributed by atoms with Gasteiger partial charge in [-0.2, -0.15) is 11.8 Å². The summed E-state index contributed by atoms with van der Waals surface area (Å²) in [4.78, 5) is 2.61. The molecule has 19 heavy (non-hydrogen) atoms. The van der Waals surface area contributed by atoms with Gasteiger partial charge in [-0.05, 0) is 45.0 Å². The van der Waals surface area contributed by atoms with Crippen molar-refractivity contribution in [1.29, 1.82) is 0 Å². The maximum atomic E-state index is 3.24. The van der Waals surface area contributed by atoms with Gasteiger partial charge in [0.05, 0.1) is 0 Å². The van der Waals surface area contributed by atoms with Gasteiger partial charge in [0.25, 0.3) is 0 Å². The zero-order chi connectivity index (χ0) is 13.7. The largest absolute Gasteiger partial charge is 0.319 e. The third kappa shape index (κ3) is 4.51. The molecule has 0 saturated carbocycles. The van der Waals surface area contributed by atoms with Crippen LogP contribution in [-0.4, -0.2) is 42.1 Å². The highest BCUT2D eigenvalue weighted by molar-refractivity contribution is 8.00. The average molecular weight is 278 g/mol. The van der Waals surface area contributed by atoms with Crippen LogP contribution in [0.15, 0.2) is 24.3 Å². The Morgan fingerprint density at radius 3 is 2.68 bits per heavy atom. The lowest BCUT2D eigenvalue weighted by Gasteiger charge is -2.37. The molecule has 0 aromatic heterocycles. The fraction of sp³-hybridized carbons (Fsp3) is 0.625. The number of thioether (sulfide) groups is 1. The van der Waals surface area contributed by atoms with E-state index < -0.39 is 0 Å². The van der Waals surface area contributed by atoms with Crippen molar-refractivity contribution in [2.45, 2.75) is 31.6 Å². The molecule has 0 unspecified atom stereocenters. The number of hydrogen-bond acceptors (Lipinski definition) is 3. The second kappa shape index (κ2) is 6.78. The summed E-state index contributed by atoms with van der Waals surface area (Å²) in [5.41, 5.74) is 2.99. The third-order valence-corrected chi connectivity index (χ3v) is 4.96. The zero-order valence-corrected chi connectivity index (χ0v) is 13.2. The minimum atomic E-state index is 0.401. The minimum Gasteiger partial charge on any atom is -0.319 e. The number of likely N-dealkylation sites (N-methyl/N-ethyl adjacent to an activating group) is 1. The van der Waals surface area contributed by atoms with Crippen LogP contribution in [0, 0.1) is 0 Å². The first-order valence-corrected chi connectivity index (χ1v) is 8.17. The molecule has 1 saturated heterocycles. The Bertz CT molecular complexity index is 403. The van der Waals surface area contributed by atoms with Gasteiger partial charge in [0.1, 0.15) is 0 Å². The summed E-state index contributed by atoms with van der Waals surface area (Å²) >= 11 is 2.10. The molecule has 0 amide bonds. The lowest BCUT2D eigenvalue weighted by molar-refractivity contribution is 0.252. The van der Waals surface area contributed by atoms with Crippen molar-refractivity contribution in [3.05, 3.63) is 35.4 Å². The Labute approximate surface area is 122 Å². The Morgan fingerprint density at radius 2 is 2.00 bits per heavy atom. The first kappa shape index (κ1) is 14.9. The molecule has 3 heteroatoms. The van der Waals surface area contributed by atoms with Crippen LogP contribution in [0.25, 0.3) is 0 Å². The van der Waals surface area contributed by atoms with Crippen molar-refractivity contribution in [3.8, 4) is 0 Å². The van der Waals surface area contributed by atoms with E-state index in [4.69, 9.17) is 0 Å². The van der Waals surface area contributed by atoms with Crippen molar-refractivity contribution < 1.29 is 0 Å². The van der Waals surface area contributed by atoms with Gasteiger partial charge in [-0.3, -0.25) is 4.90 Å². The highest BCUT2D eigenvalue weighted by atomic mass is 32.2. The normalized spacial score (nSPS) is 19.5. The summed E-state index contributed by atoms with van der Waals surface area (Å²) in [5, 5.41) is 3.24. The van der Waals surface area contributed by atoms with Crippen LogP contribution >= 0.6 is 11.8 Å². The molecule has 1 aliphatic rings. The SMILES string of the molecule is CNCCc1ccccc1CN1CCSC(C)(C)C1. The summed E-state index contributed by atoms with van der Waals surface area (Å²) in [7, 11) is 2.02. The summed E-state index contributed by atoms with van der Waals surface area (Å²) < 4.78 is 0.401. The van der Waals surface area contributed by atoms with Crippen LogP contribution < -0.4 is 5.32 Å². The van der Waals surface area contributed by atoms with E-state index in [-0.39, 0.29) is 0 Å². The van der Waals surface area contributed by atoms with Crippen LogP contribution in [0.1, 0.15) is 25.0 Å². The van der Waals surface area contributed by atoms with E-state index in [0.717, 1.165) is 19.5 Å². The number of nitrogens with one attached hydrogen (secondary N) is 1. The monoisotopic (exact) mass is 278 g/mol. The van der Waals surface area contributed by atoms with E-state index in [1.54, 1.807) is 0 Å². The number of rotatable bonds is 5. The van der Waals surface area contributed by atoms with Gasteiger partial charge >= 0.3 is 0 Å². The van der Waals surface area contributed by atoms with E-state index >= 15 is 0 Å². The van der Waals surface area contributed by atoms with Crippen LogP contribution in [0.2, 0.25) is 0 Å². The van der Waals surface area contributed by atoms with Gasteiger partial charge in [0.2, 0.25) is 0 Å². The van der Waals surface area contributed by atoms with E-state index in [1.165, 1.54) is 30.0 Å². The lowest BCUT2D eigenvalue weighted by Crippen LogP contribution is -2.42. The lowest BCUT2D eigenvalue weighted by atomic mass is 10.0. The molecular weight excluding hydrogens is 252 g/mol. The summed E-state index contributed by atoms with van der Waals surface area (Å²) in [6.45, 7) is 9.28. The maximum absolute atomic E-state index is 3.24. The standard InChI is InChI=1S/C16H26N2S/c1-16(2)13-18(10-11-19-16)12-15-7-5-4-6-14(15)8-9-17-3/h4-7,17H,8-13H2,1-3H3. The predicted octanol–water partition coefficient (Wildman–Crippen LogP) is 2.78. The molecule has 1 aromatic rings. The van der Waals surface area contributed by atoms with Crippen LogP contribution in [0.3, 0.4) is 0 Å². The predicted molar refractivity (Wildman–Crippen MR) is 85.9 cm³/mol. The molecule has 1 heterocycles. The van der Waals surface area contributed by atoms with Crippen LogP contribution in [0.5, 0.6) is 0 Å². The van der Waals surface area contributed by atoms with Gasteiger partial charge in [0, 0.05) is 30.1 Å². The van der Waals surface area contributed by atoms with E-state index in [2.05, 4.69) is 60.1 Å². The molecule has 1 aromatic carbocycles. The quantitative estimate of drug-likeness (QED) is 0.891. The summed E-state index contributed by atoms with van der Waals surface area (Å²) in [5.74, 6) is 1.26. The summed E-state index contributed by atoms with van der Waals surface area (Å²) in [6, 6.07) is 8.89. The Balaban J connectivity index is 2.02. The maximum Gasteiger partial charge on any atom is 0.0237 e. The van der Waals surface area contributed by atoms with Gasteiger partial charge < -0.3 is 5.32 Å². The van der Waals surface area contributed by atoms with E-state index in [0.29, 0.717) is 4.75 Å². The Morgan fingerprint density at radius 1 is 1.26 bits per heavy atom. The van der Waals surface area contributed by atoms with Crippen molar-refractivity contribution in [1.82, 2.24) is 10.2 Å². The highest BCUT2D eigenvalue weighted by Gasteiger charge is 2.27. The van der Waals surface area contributed by atoms with E-state index in [9.17, 15) is 0 Å². The zero-order valence-electron chi connectivity index (χ0n) is 12.4. The second-order valence-electron chi connectivity index (χ2n) is 5.94. The number of nitrogens with zero attached hydrogens (tertiary/aromatic N) is 1. The Kier molecular flexibility index (Phi) is 5.31. The van der Waals surface area contributed by atoms with Crippen molar-refractivity contribution in [2.75, 3.05) is 32.4 Å². The molecule has 1 aliphatic heterocycles. The fourth-order valence-electron chi connectivity index (χ4n) is 2.71. The first-order valence-electron chi connectivity index (χ1n) is 7.18.